The van der Waals surface area contributed by atoms with Crippen molar-refractivity contribution in [2.45, 2.75) is 24.2 Å². The van der Waals surface area contributed by atoms with Crippen molar-refractivity contribution in [2.75, 3.05) is 49.7 Å². The summed E-state index contributed by atoms with van der Waals surface area (Å²) in [4.78, 5) is 12.0. The summed E-state index contributed by atoms with van der Waals surface area (Å²) in [5.41, 5.74) is 5.10. The normalized spacial score (nSPS) is 19.3. The number of fused-ring (bicyclic) bond motifs is 2. The molecule has 0 fully saturated rings. The highest BCUT2D eigenvalue weighted by molar-refractivity contribution is 5.72. The molecule has 0 saturated heterocycles. The Bertz CT molecular complexity index is 1580. The SMILES string of the molecule is COc1cc(CNC2(C3(N(C)Cc4cc(OC)c(OC)c(OC)c4)c4cccnc43)c3cccnc32)cc(OC)c1OC. The van der Waals surface area contributed by atoms with E-state index >= 15 is 0 Å². The van der Waals surface area contributed by atoms with Crippen LogP contribution in [0, 0.1) is 0 Å². The van der Waals surface area contributed by atoms with Crippen LogP contribution in [0.1, 0.15) is 33.6 Å². The fourth-order valence-electron chi connectivity index (χ4n) is 6.63. The predicted molar refractivity (Wildman–Crippen MR) is 161 cm³/mol. The first-order valence-corrected chi connectivity index (χ1v) is 13.9. The molecular formula is C33H36N4O6. The molecule has 0 amide bonds. The monoisotopic (exact) mass is 584 g/mol. The lowest BCUT2D eigenvalue weighted by Gasteiger charge is -2.37. The Hall–Kier alpha value is -4.54. The minimum Gasteiger partial charge on any atom is -0.493 e. The lowest BCUT2D eigenvalue weighted by Crippen LogP contribution is -2.51. The molecule has 1 N–H and O–H groups in total. The second-order valence-corrected chi connectivity index (χ2v) is 10.5. The summed E-state index contributed by atoms with van der Waals surface area (Å²) in [6.45, 7) is 1.09. The van der Waals surface area contributed by atoms with Crippen molar-refractivity contribution in [3.05, 3.63) is 94.6 Å². The van der Waals surface area contributed by atoms with Gasteiger partial charge in [0.05, 0.1) is 54.0 Å². The first kappa shape index (κ1) is 28.6. The standard InChI is InChI=1S/C33H36N4O6/c1-37(19-21-16-26(40-4)29(43-7)27(17-21)41-5)33(23-11-9-13-35-31(23)33)32(22-10-8-12-34-30(22)32)36-18-20-14-24(38-2)28(42-6)25(15-20)39-3/h8-17,36H,18-19H2,1-7H3. The average molecular weight is 585 g/mol. The topological polar surface area (TPSA) is 96.4 Å². The number of rotatable bonds is 13. The van der Waals surface area contributed by atoms with Crippen LogP contribution in [-0.2, 0) is 24.2 Å². The molecule has 0 saturated carbocycles. The molecule has 2 aliphatic rings. The molecule has 10 heteroatoms. The van der Waals surface area contributed by atoms with E-state index in [1.165, 1.54) is 0 Å². The van der Waals surface area contributed by atoms with Crippen LogP contribution in [0.15, 0.2) is 60.9 Å². The molecule has 224 valence electrons. The van der Waals surface area contributed by atoms with Crippen LogP contribution in [0.4, 0.5) is 0 Å². The zero-order chi connectivity index (χ0) is 30.4. The Morgan fingerprint density at radius 3 is 1.56 bits per heavy atom. The molecule has 0 bridgehead atoms. The fourth-order valence-corrected chi connectivity index (χ4v) is 6.63. The van der Waals surface area contributed by atoms with Crippen LogP contribution in [0.5, 0.6) is 34.5 Å². The molecule has 10 nitrogen and oxygen atoms in total. The minimum absolute atomic E-state index is 0.515. The predicted octanol–water partition coefficient (Wildman–Crippen LogP) is 4.26. The van der Waals surface area contributed by atoms with Crippen LogP contribution >= 0.6 is 0 Å². The van der Waals surface area contributed by atoms with Gasteiger partial charge in [-0.05, 0) is 54.6 Å². The van der Waals surface area contributed by atoms with Gasteiger partial charge < -0.3 is 28.4 Å². The van der Waals surface area contributed by atoms with Gasteiger partial charge >= 0.3 is 0 Å². The van der Waals surface area contributed by atoms with E-state index in [0.29, 0.717) is 47.6 Å². The molecule has 2 aromatic heterocycles. The maximum Gasteiger partial charge on any atom is 0.203 e. The van der Waals surface area contributed by atoms with Crippen LogP contribution in [0.3, 0.4) is 0 Å². The molecule has 2 aliphatic carbocycles. The van der Waals surface area contributed by atoms with Crippen LogP contribution < -0.4 is 33.7 Å². The molecular weight excluding hydrogens is 548 g/mol. The molecule has 2 aromatic carbocycles. The van der Waals surface area contributed by atoms with E-state index in [4.69, 9.17) is 38.4 Å². The number of nitrogens with one attached hydrogen (secondary N) is 1. The lowest BCUT2D eigenvalue weighted by molar-refractivity contribution is 0.120. The third kappa shape index (κ3) is 4.16. The van der Waals surface area contributed by atoms with Gasteiger partial charge in [-0.2, -0.15) is 0 Å². The van der Waals surface area contributed by atoms with Gasteiger partial charge in [-0.1, -0.05) is 12.1 Å². The number of methoxy groups -OCH3 is 6. The van der Waals surface area contributed by atoms with Crippen LogP contribution in [0.2, 0.25) is 0 Å². The highest BCUT2D eigenvalue weighted by atomic mass is 16.5. The maximum absolute atomic E-state index is 5.65. The van der Waals surface area contributed by atoms with Crippen molar-refractivity contribution in [3.63, 3.8) is 0 Å². The summed E-state index contributed by atoms with van der Waals surface area (Å²) in [5.74, 6) is 3.54. The summed E-state index contributed by atoms with van der Waals surface area (Å²) in [6, 6.07) is 16.2. The van der Waals surface area contributed by atoms with Gasteiger partial charge in [0.25, 0.3) is 0 Å². The molecule has 2 atom stereocenters. The number of likely N-dealkylation sites (N-methyl/N-ethyl adjacent to an activating group) is 1. The van der Waals surface area contributed by atoms with E-state index in [-0.39, 0.29) is 0 Å². The number of hydrogen-bond donors (Lipinski definition) is 1. The molecule has 0 aliphatic heterocycles. The second kappa shape index (κ2) is 10.9. The molecule has 0 spiro atoms. The molecule has 2 unspecified atom stereocenters. The van der Waals surface area contributed by atoms with E-state index in [1.54, 1.807) is 42.7 Å². The van der Waals surface area contributed by atoms with E-state index in [2.05, 4.69) is 29.4 Å². The highest BCUT2D eigenvalue weighted by Crippen LogP contribution is 2.70. The summed E-state index contributed by atoms with van der Waals surface area (Å²) < 4.78 is 33.6. The Balaban J connectivity index is 1.41. The molecule has 2 heterocycles. The largest absolute Gasteiger partial charge is 0.493 e. The van der Waals surface area contributed by atoms with E-state index in [0.717, 1.165) is 33.6 Å². The number of benzene rings is 2. The quantitative estimate of drug-likeness (QED) is 0.246. The number of pyridine rings is 2. The first-order valence-electron chi connectivity index (χ1n) is 13.9. The third-order valence-electron chi connectivity index (χ3n) is 8.52. The second-order valence-electron chi connectivity index (χ2n) is 10.5. The summed E-state index contributed by atoms with van der Waals surface area (Å²) in [6.07, 6.45) is 3.69. The molecule has 6 rings (SSSR count). The third-order valence-corrected chi connectivity index (χ3v) is 8.52. The Labute approximate surface area is 251 Å². The van der Waals surface area contributed by atoms with Crippen molar-refractivity contribution in [1.29, 1.82) is 0 Å². The summed E-state index contributed by atoms with van der Waals surface area (Å²) in [5, 5.41) is 3.91. The van der Waals surface area contributed by atoms with Gasteiger partial charge in [-0.15, -0.1) is 0 Å². The Morgan fingerprint density at radius 1 is 0.651 bits per heavy atom. The van der Waals surface area contributed by atoms with Gasteiger partial charge in [-0.3, -0.25) is 20.2 Å². The van der Waals surface area contributed by atoms with Gasteiger partial charge in [0, 0.05) is 36.6 Å². The zero-order valence-electron chi connectivity index (χ0n) is 25.5. The number of nitrogens with zero attached hydrogens (tertiary/aromatic N) is 3. The maximum atomic E-state index is 5.65. The molecule has 43 heavy (non-hydrogen) atoms. The minimum atomic E-state index is -0.608. The van der Waals surface area contributed by atoms with E-state index < -0.39 is 11.1 Å². The van der Waals surface area contributed by atoms with Crippen LogP contribution in [-0.4, -0.2) is 64.6 Å². The summed E-state index contributed by atoms with van der Waals surface area (Å²) in [7, 11) is 11.8. The molecule has 0 radical (unpaired) electrons. The van der Waals surface area contributed by atoms with Gasteiger partial charge in [0.2, 0.25) is 11.5 Å². The average Bonchev–Trinajstić information content (AvgIpc) is 3.93. The fraction of sp³-hybridized carbons (Fsp3) is 0.333. The van der Waals surface area contributed by atoms with E-state index in [9.17, 15) is 0 Å². The van der Waals surface area contributed by atoms with Gasteiger partial charge in [-0.25, -0.2) is 0 Å². The lowest BCUT2D eigenvalue weighted by atomic mass is 9.92. The number of hydrogen-bond acceptors (Lipinski definition) is 10. The number of ether oxygens (including phenoxy) is 6. The van der Waals surface area contributed by atoms with Crippen molar-refractivity contribution < 1.29 is 28.4 Å². The Kier molecular flexibility index (Phi) is 7.27. The van der Waals surface area contributed by atoms with Crippen molar-refractivity contribution in [3.8, 4) is 34.5 Å². The van der Waals surface area contributed by atoms with Gasteiger partial charge in [0.15, 0.2) is 23.0 Å². The number of aromatic nitrogens is 2. The van der Waals surface area contributed by atoms with E-state index in [1.807, 2.05) is 48.8 Å². The van der Waals surface area contributed by atoms with Crippen LogP contribution in [0.25, 0.3) is 0 Å². The Morgan fingerprint density at radius 2 is 1.14 bits per heavy atom. The summed E-state index contributed by atoms with van der Waals surface area (Å²) >= 11 is 0. The smallest absolute Gasteiger partial charge is 0.203 e. The van der Waals surface area contributed by atoms with Gasteiger partial charge in [0.1, 0.15) is 11.1 Å². The first-order chi connectivity index (χ1) is 20.9. The van der Waals surface area contributed by atoms with Crippen molar-refractivity contribution in [2.24, 2.45) is 0 Å². The van der Waals surface area contributed by atoms with Crippen molar-refractivity contribution in [1.82, 2.24) is 20.2 Å². The zero-order valence-corrected chi connectivity index (χ0v) is 25.5. The highest BCUT2D eigenvalue weighted by Gasteiger charge is 2.76. The molecule has 4 aromatic rings. The van der Waals surface area contributed by atoms with Crippen molar-refractivity contribution >= 4 is 0 Å².